The molecule has 0 spiro atoms. The summed E-state index contributed by atoms with van der Waals surface area (Å²) in [5, 5.41) is 7.91. The maximum atomic E-state index is 12.3. The molecular weight excluding hydrogens is 246 g/mol. The van der Waals surface area contributed by atoms with E-state index in [2.05, 4.69) is 5.10 Å². The van der Waals surface area contributed by atoms with Crippen LogP contribution in [0.3, 0.4) is 0 Å². The Bertz CT molecular complexity index is 771. The fourth-order valence-corrected chi connectivity index (χ4v) is 2.61. The monoisotopic (exact) mass is 257 g/mol. The Balaban J connectivity index is 2.30. The van der Waals surface area contributed by atoms with E-state index in [1.54, 1.807) is 6.20 Å². The lowest BCUT2D eigenvalue weighted by Crippen LogP contribution is -2.20. The normalized spacial score (nSPS) is 10.9. The van der Waals surface area contributed by atoms with Crippen LogP contribution in [0.5, 0.6) is 0 Å². The van der Waals surface area contributed by atoms with Gasteiger partial charge in [-0.1, -0.05) is 17.7 Å². The predicted octanol–water partition coefficient (Wildman–Crippen LogP) is 2.34. The van der Waals surface area contributed by atoms with Gasteiger partial charge in [0, 0.05) is 10.8 Å². The fraction of sp³-hybridized carbons (Fsp3) is 0.0769. The molecule has 5 heteroatoms. The highest BCUT2D eigenvalue weighted by atomic mass is 32.1. The van der Waals surface area contributed by atoms with Gasteiger partial charge in [0.2, 0.25) is 0 Å². The van der Waals surface area contributed by atoms with Gasteiger partial charge in [-0.15, -0.1) is 11.3 Å². The summed E-state index contributed by atoms with van der Waals surface area (Å²) in [6.45, 7) is 2.00. The highest BCUT2D eigenvalue weighted by Crippen LogP contribution is 2.24. The number of fused-ring (bicyclic) bond motifs is 1. The van der Waals surface area contributed by atoms with Crippen molar-refractivity contribution < 1.29 is 0 Å². The fourth-order valence-electron chi connectivity index (χ4n) is 1.86. The molecule has 0 atom stereocenters. The minimum atomic E-state index is -0.171. The number of benzene rings is 1. The number of hydrogen-bond donors (Lipinski definition) is 1. The number of nitrogen functional groups attached to an aromatic ring is 1. The van der Waals surface area contributed by atoms with Crippen LogP contribution in [0.4, 0.5) is 5.00 Å². The number of nitrogens with two attached hydrogens (primary N) is 1. The molecule has 0 radical (unpaired) electrons. The van der Waals surface area contributed by atoms with Crippen molar-refractivity contribution in [2.45, 2.75) is 6.92 Å². The second-order valence-electron chi connectivity index (χ2n) is 4.13. The minimum absolute atomic E-state index is 0.171. The van der Waals surface area contributed by atoms with Crippen molar-refractivity contribution in [1.29, 1.82) is 0 Å². The second-order valence-corrected chi connectivity index (χ2v) is 5.04. The van der Waals surface area contributed by atoms with Crippen LogP contribution < -0.4 is 11.3 Å². The summed E-state index contributed by atoms with van der Waals surface area (Å²) < 4.78 is 1.38. The van der Waals surface area contributed by atoms with Gasteiger partial charge in [0.25, 0.3) is 5.56 Å². The zero-order valence-corrected chi connectivity index (χ0v) is 10.6. The number of nitrogens with zero attached hydrogens (tertiary/aromatic N) is 2. The van der Waals surface area contributed by atoms with Crippen molar-refractivity contribution in [2.75, 3.05) is 5.73 Å². The Labute approximate surface area is 107 Å². The third kappa shape index (κ3) is 1.60. The SMILES string of the molecule is Cc1ccc(-n2ncc3csc(N)c3c2=O)cc1. The molecule has 1 aromatic carbocycles. The van der Waals surface area contributed by atoms with E-state index in [-0.39, 0.29) is 5.56 Å². The Morgan fingerprint density at radius 3 is 2.72 bits per heavy atom. The molecule has 3 aromatic rings. The Morgan fingerprint density at radius 2 is 2.00 bits per heavy atom. The molecule has 0 aliphatic carbocycles. The van der Waals surface area contributed by atoms with Crippen LogP contribution >= 0.6 is 11.3 Å². The largest absolute Gasteiger partial charge is 0.390 e. The minimum Gasteiger partial charge on any atom is -0.390 e. The number of thiophene rings is 1. The van der Waals surface area contributed by atoms with Crippen molar-refractivity contribution in [3.63, 3.8) is 0 Å². The van der Waals surface area contributed by atoms with Gasteiger partial charge >= 0.3 is 0 Å². The van der Waals surface area contributed by atoms with Gasteiger partial charge in [-0.05, 0) is 19.1 Å². The van der Waals surface area contributed by atoms with E-state index in [9.17, 15) is 4.79 Å². The molecule has 0 aliphatic rings. The molecule has 2 N–H and O–H groups in total. The average molecular weight is 257 g/mol. The lowest BCUT2D eigenvalue weighted by Gasteiger charge is -2.04. The van der Waals surface area contributed by atoms with Crippen LogP contribution in [-0.4, -0.2) is 9.78 Å². The van der Waals surface area contributed by atoms with Gasteiger partial charge in [0.15, 0.2) is 0 Å². The zero-order chi connectivity index (χ0) is 12.7. The van der Waals surface area contributed by atoms with E-state index in [1.807, 2.05) is 36.6 Å². The number of anilines is 1. The second kappa shape index (κ2) is 3.96. The van der Waals surface area contributed by atoms with E-state index < -0.39 is 0 Å². The first-order chi connectivity index (χ1) is 8.66. The van der Waals surface area contributed by atoms with E-state index >= 15 is 0 Å². The van der Waals surface area contributed by atoms with Crippen LogP contribution in [-0.2, 0) is 0 Å². The van der Waals surface area contributed by atoms with Gasteiger partial charge in [-0.2, -0.15) is 9.78 Å². The predicted molar refractivity (Wildman–Crippen MR) is 74.4 cm³/mol. The van der Waals surface area contributed by atoms with Gasteiger partial charge < -0.3 is 5.73 Å². The number of aromatic nitrogens is 2. The quantitative estimate of drug-likeness (QED) is 0.728. The molecule has 18 heavy (non-hydrogen) atoms. The molecule has 0 saturated heterocycles. The smallest absolute Gasteiger partial charge is 0.282 e. The van der Waals surface area contributed by atoms with Crippen LogP contribution in [0.2, 0.25) is 0 Å². The van der Waals surface area contributed by atoms with E-state index in [0.717, 1.165) is 16.6 Å². The maximum absolute atomic E-state index is 12.3. The summed E-state index contributed by atoms with van der Waals surface area (Å²) in [6.07, 6.45) is 1.67. The van der Waals surface area contributed by atoms with Gasteiger partial charge in [-0.25, -0.2) is 0 Å². The van der Waals surface area contributed by atoms with Gasteiger partial charge in [0.05, 0.1) is 22.3 Å². The zero-order valence-electron chi connectivity index (χ0n) is 9.75. The lowest BCUT2D eigenvalue weighted by atomic mass is 10.2. The molecule has 0 unspecified atom stereocenters. The van der Waals surface area contributed by atoms with E-state index in [1.165, 1.54) is 16.0 Å². The maximum Gasteiger partial charge on any atom is 0.282 e. The lowest BCUT2D eigenvalue weighted by molar-refractivity contribution is 0.821. The van der Waals surface area contributed by atoms with Crippen LogP contribution in [0, 0.1) is 6.92 Å². The Hall–Kier alpha value is -2.14. The third-order valence-electron chi connectivity index (χ3n) is 2.85. The highest BCUT2D eigenvalue weighted by molar-refractivity contribution is 7.15. The number of aryl methyl sites for hydroxylation is 1. The molecule has 4 nitrogen and oxygen atoms in total. The molecule has 2 heterocycles. The molecule has 2 aromatic heterocycles. The summed E-state index contributed by atoms with van der Waals surface area (Å²) in [4.78, 5) is 12.3. The first-order valence-electron chi connectivity index (χ1n) is 5.49. The van der Waals surface area contributed by atoms with Crippen LogP contribution in [0.1, 0.15) is 5.56 Å². The molecule has 0 fully saturated rings. The standard InChI is InChI=1S/C13H11N3OS/c1-8-2-4-10(5-3-8)16-13(17)11-9(6-15-16)7-18-12(11)14/h2-7H,14H2,1H3. The summed E-state index contributed by atoms with van der Waals surface area (Å²) in [5.41, 5.74) is 7.54. The number of hydrogen-bond acceptors (Lipinski definition) is 4. The molecular formula is C13H11N3OS. The topological polar surface area (TPSA) is 60.9 Å². The summed E-state index contributed by atoms with van der Waals surface area (Å²) >= 11 is 1.36. The van der Waals surface area contributed by atoms with E-state index in [4.69, 9.17) is 5.73 Å². The van der Waals surface area contributed by atoms with Crippen molar-refractivity contribution in [3.8, 4) is 5.69 Å². The summed E-state index contributed by atoms with van der Waals surface area (Å²) in [6, 6.07) is 7.64. The van der Waals surface area contributed by atoms with Crippen molar-refractivity contribution in [1.82, 2.24) is 9.78 Å². The van der Waals surface area contributed by atoms with Gasteiger partial charge in [-0.3, -0.25) is 4.79 Å². The molecule has 3 rings (SSSR count). The van der Waals surface area contributed by atoms with Crippen LogP contribution in [0.15, 0.2) is 40.6 Å². The summed E-state index contributed by atoms with van der Waals surface area (Å²) in [7, 11) is 0. The van der Waals surface area contributed by atoms with E-state index in [0.29, 0.717) is 10.4 Å². The van der Waals surface area contributed by atoms with Crippen LogP contribution in [0.25, 0.3) is 16.5 Å². The Kier molecular flexibility index (Phi) is 2.41. The highest BCUT2D eigenvalue weighted by Gasteiger charge is 2.10. The van der Waals surface area contributed by atoms with Gasteiger partial charge in [0.1, 0.15) is 0 Å². The molecule has 90 valence electrons. The van der Waals surface area contributed by atoms with Crippen molar-refractivity contribution in [2.24, 2.45) is 0 Å². The average Bonchev–Trinajstić information content (AvgIpc) is 2.74. The first-order valence-corrected chi connectivity index (χ1v) is 6.37. The summed E-state index contributed by atoms with van der Waals surface area (Å²) in [5.74, 6) is 0. The molecule has 0 amide bonds. The Morgan fingerprint density at radius 1 is 1.28 bits per heavy atom. The third-order valence-corrected chi connectivity index (χ3v) is 3.67. The van der Waals surface area contributed by atoms with Crippen molar-refractivity contribution >= 4 is 27.1 Å². The van der Waals surface area contributed by atoms with Crippen molar-refractivity contribution in [3.05, 3.63) is 51.8 Å². The first kappa shape index (κ1) is 11.0. The molecule has 0 aliphatic heterocycles. The number of rotatable bonds is 1. The molecule has 0 bridgehead atoms. The molecule has 0 saturated carbocycles.